The highest BCUT2D eigenvalue weighted by molar-refractivity contribution is 6.33. The number of aromatic nitrogens is 1. The highest BCUT2D eigenvalue weighted by atomic mass is 35.5. The molecule has 0 fully saturated rings. The Morgan fingerprint density at radius 1 is 1.44 bits per heavy atom. The van der Waals surface area contributed by atoms with Gasteiger partial charge in [-0.3, -0.25) is 4.79 Å². The van der Waals surface area contributed by atoms with E-state index >= 15 is 0 Å². The number of ketones is 1. The molecule has 0 saturated heterocycles. The van der Waals surface area contributed by atoms with Crippen LogP contribution in [-0.2, 0) is 6.54 Å². The SMILES string of the molecule is CCC(C)(C)Cn1c(C)cc(C(=O)C(C)Cl)c1C. The number of alkyl halides is 1. The molecule has 2 nitrogen and oxygen atoms in total. The molecule has 3 heteroatoms. The van der Waals surface area contributed by atoms with E-state index in [1.807, 2.05) is 13.0 Å². The summed E-state index contributed by atoms with van der Waals surface area (Å²) in [7, 11) is 0. The maximum absolute atomic E-state index is 12.0. The van der Waals surface area contributed by atoms with E-state index in [1.54, 1.807) is 6.92 Å². The summed E-state index contributed by atoms with van der Waals surface area (Å²) in [6.45, 7) is 13.4. The maximum Gasteiger partial charge on any atom is 0.182 e. The average molecular weight is 270 g/mol. The lowest BCUT2D eigenvalue weighted by Gasteiger charge is -2.25. The van der Waals surface area contributed by atoms with Crippen LogP contribution in [0.3, 0.4) is 0 Å². The van der Waals surface area contributed by atoms with Crippen molar-refractivity contribution in [2.45, 2.75) is 59.9 Å². The van der Waals surface area contributed by atoms with Gasteiger partial charge >= 0.3 is 0 Å². The molecule has 1 rings (SSSR count). The number of rotatable bonds is 5. The molecule has 0 aliphatic carbocycles. The van der Waals surface area contributed by atoms with Gasteiger partial charge in [0.05, 0.1) is 5.38 Å². The fourth-order valence-electron chi connectivity index (χ4n) is 2.05. The third-order valence-electron chi connectivity index (χ3n) is 3.74. The van der Waals surface area contributed by atoms with Crippen molar-refractivity contribution >= 4 is 17.4 Å². The number of halogens is 1. The van der Waals surface area contributed by atoms with Crippen LogP contribution < -0.4 is 0 Å². The van der Waals surface area contributed by atoms with E-state index in [4.69, 9.17) is 11.6 Å². The van der Waals surface area contributed by atoms with Gasteiger partial charge in [0.1, 0.15) is 0 Å². The lowest BCUT2D eigenvalue weighted by molar-refractivity contribution is 0.0991. The first-order valence-electron chi connectivity index (χ1n) is 6.54. The molecule has 1 heterocycles. The summed E-state index contributed by atoms with van der Waals surface area (Å²) < 4.78 is 2.23. The Hall–Kier alpha value is -0.760. The molecule has 0 aliphatic heterocycles. The van der Waals surface area contributed by atoms with Gasteiger partial charge < -0.3 is 4.57 Å². The van der Waals surface area contributed by atoms with Crippen molar-refractivity contribution in [1.29, 1.82) is 0 Å². The van der Waals surface area contributed by atoms with Crippen molar-refractivity contribution in [2.24, 2.45) is 5.41 Å². The van der Waals surface area contributed by atoms with Crippen LogP contribution in [0, 0.1) is 19.3 Å². The summed E-state index contributed by atoms with van der Waals surface area (Å²) >= 11 is 5.90. The molecular formula is C15H24ClNO. The number of aryl methyl sites for hydroxylation is 1. The molecule has 0 bridgehead atoms. The Bertz CT molecular complexity index is 444. The number of carbonyl (C=O) groups excluding carboxylic acids is 1. The van der Waals surface area contributed by atoms with Crippen LogP contribution in [0.25, 0.3) is 0 Å². The predicted molar refractivity (Wildman–Crippen MR) is 77.6 cm³/mol. The van der Waals surface area contributed by atoms with E-state index in [9.17, 15) is 4.79 Å². The van der Waals surface area contributed by atoms with Crippen molar-refractivity contribution in [2.75, 3.05) is 0 Å². The molecular weight excluding hydrogens is 246 g/mol. The smallest absolute Gasteiger partial charge is 0.182 e. The van der Waals surface area contributed by atoms with Gasteiger partial charge in [0.15, 0.2) is 5.78 Å². The molecule has 1 unspecified atom stereocenters. The number of Topliss-reactive ketones (excluding diaryl/α,β-unsaturated/α-hetero) is 1. The zero-order valence-corrected chi connectivity index (χ0v) is 13.1. The molecule has 0 spiro atoms. The van der Waals surface area contributed by atoms with Gasteiger partial charge in [0.25, 0.3) is 0 Å². The second kappa shape index (κ2) is 5.48. The van der Waals surface area contributed by atoms with Crippen LogP contribution >= 0.6 is 11.6 Å². The first kappa shape index (κ1) is 15.3. The van der Waals surface area contributed by atoms with Gasteiger partial charge in [-0.1, -0.05) is 20.8 Å². The largest absolute Gasteiger partial charge is 0.348 e. The van der Waals surface area contributed by atoms with Crippen molar-refractivity contribution < 1.29 is 4.79 Å². The van der Waals surface area contributed by atoms with Crippen LogP contribution in [0.2, 0.25) is 0 Å². The minimum absolute atomic E-state index is 0.0188. The lowest BCUT2D eigenvalue weighted by Crippen LogP contribution is -2.20. The van der Waals surface area contributed by atoms with E-state index in [2.05, 4.69) is 32.3 Å². The average Bonchev–Trinajstić information content (AvgIpc) is 2.55. The Balaban J connectivity index is 3.13. The fraction of sp³-hybridized carbons (Fsp3) is 0.667. The molecule has 102 valence electrons. The van der Waals surface area contributed by atoms with Crippen molar-refractivity contribution in [3.63, 3.8) is 0 Å². The highest BCUT2D eigenvalue weighted by Gasteiger charge is 2.23. The monoisotopic (exact) mass is 269 g/mol. The third kappa shape index (κ3) is 3.17. The maximum atomic E-state index is 12.0. The molecule has 0 N–H and O–H groups in total. The highest BCUT2D eigenvalue weighted by Crippen LogP contribution is 2.26. The first-order chi connectivity index (χ1) is 8.19. The Kier molecular flexibility index (Phi) is 4.66. The topological polar surface area (TPSA) is 22.0 Å². The summed E-state index contributed by atoms with van der Waals surface area (Å²) in [5, 5.41) is -0.460. The van der Waals surface area contributed by atoms with Crippen LogP contribution in [0.15, 0.2) is 6.07 Å². The molecule has 0 radical (unpaired) electrons. The number of hydrogen-bond donors (Lipinski definition) is 0. The van der Waals surface area contributed by atoms with Crippen molar-refractivity contribution in [3.05, 3.63) is 23.0 Å². The minimum Gasteiger partial charge on any atom is -0.348 e. The minimum atomic E-state index is -0.460. The first-order valence-corrected chi connectivity index (χ1v) is 6.98. The van der Waals surface area contributed by atoms with Crippen LogP contribution in [0.4, 0.5) is 0 Å². The Morgan fingerprint density at radius 3 is 2.44 bits per heavy atom. The molecule has 0 aliphatic rings. The predicted octanol–water partition coefficient (Wildman–Crippen LogP) is 4.35. The third-order valence-corrected chi connectivity index (χ3v) is 3.94. The summed E-state index contributed by atoms with van der Waals surface area (Å²) in [6.07, 6.45) is 1.11. The summed E-state index contributed by atoms with van der Waals surface area (Å²) in [4.78, 5) is 12.0. The summed E-state index contributed by atoms with van der Waals surface area (Å²) in [5.74, 6) is 0.0188. The zero-order valence-electron chi connectivity index (χ0n) is 12.3. The standard InChI is InChI=1S/C15H24ClNO/c1-7-15(5,6)9-17-10(2)8-13(12(17)4)14(18)11(3)16/h8,11H,7,9H2,1-6H3. The van der Waals surface area contributed by atoms with Gasteiger partial charge in [-0.15, -0.1) is 11.6 Å². The normalized spacial score (nSPS) is 13.7. The Labute approximate surface area is 115 Å². The van der Waals surface area contributed by atoms with E-state index in [-0.39, 0.29) is 11.2 Å². The molecule has 0 aromatic carbocycles. The van der Waals surface area contributed by atoms with Gasteiger partial charge in [-0.25, -0.2) is 0 Å². The lowest BCUT2D eigenvalue weighted by atomic mass is 9.90. The second-order valence-corrected chi connectivity index (χ2v) is 6.52. The quantitative estimate of drug-likeness (QED) is 0.575. The van der Waals surface area contributed by atoms with E-state index < -0.39 is 5.38 Å². The molecule has 0 saturated carbocycles. The summed E-state index contributed by atoms with van der Waals surface area (Å²) in [6, 6.07) is 1.96. The molecule has 1 aromatic rings. The number of nitrogens with zero attached hydrogens (tertiary/aromatic N) is 1. The second-order valence-electron chi connectivity index (χ2n) is 5.87. The van der Waals surface area contributed by atoms with E-state index in [1.165, 1.54) is 0 Å². The van der Waals surface area contributed by atoms with E-state index in [0.717, 1.165) is 29.9 Å². The van der Waals surface area contributed by atoms with Gasteiger partial charge in [0.2, 0.25) is 0 Å². The van der Waals surface area contributed by atoms with E-state index in [0.29, 0.717) is 0 Å². The molecule has 1 atom stereocenters. The van der Waals surface area contributed by atoms with Crippen LogP contribution in [0.1, 0.15) is 55.9 Å². The van der Waals surface area contributed by atoms with Gasteiger partial charge in [-0.2, -0.15) is 0 Å². The van der Waals surface area contributed by atoms with Crippen LogP contribution in [-0.4, -0.2) is 15.7 Å². The zero-order chi connectivity index (χ0) is 14.1. The number of carbonyl (C=O) groups is 1. The van der Waals surface area contributed by atoms with Gasteiger partial charge in [0, 0.05) is 23.5 Å². The van der Waals surface area contributed by atoms with Crippen LogP contribution in [0.5, 0.6) is 0 Å². The number of hydrogen-bond acceptors (Lipinski definition) is 1. The van der Waals surface area contributed by atoms with Gasteiger partial charge in [-0.05, 0) is 38.7 Å². The summed E-state index contributed by atoms with van der Waals surface area (Å²) in [5.41, 5.74) is 3.17. The fourth-order valence-corrected chi connectivity index (χ4v) is 2.17. The molecule has 1 aromatic heterocycles. The van der Waals surface area contributed by atoms with Crippen molar-refractivity contribution in [1.82, 2.24) is 4.57 Å². The molecule has 0 amide bonds. The Morgan fingerprint density at radius 2 is 2.00 bits per heavy atom. The van der Waals surface area contributed by atoms with Crippen molar-refractivity contribution in [3.8, 4) is 0 Å². The molecule has 18 heavy (non-hydrogen) atoms.